The largest absolute Gasteiger partial charge is 0.394 e. The number of ether oxygens (including phenoxy) is 1. The summed E-state index contributed by atoms with van der Waals surface area (Å²) in [7, 11) is 0. The van der Waals surface area contributed by atoms with Crippen molar-refractivity contribution in [3.05, 3.63) is 0 Å². The van der Waals surface area contributed by atoms with Gasteiger partial charge in [0.05, 0.1) is 25.9 Å². The van der Waals surface area contributed by atoms with E-state index in [0.29, 0.717) is 6.61 Å². The monoisotopic (exact) mass is 134 g/mol. The lowest BCUT2D eigenvalue weighted by Crippen LogP contribution is -2.18. The van der Waals surface area contributed by atoms with Crippen molar-refractivity contribution in [2.24, 2.45) is 0 Å². The van der Waals surface area contributed by atoms with Gasteiger partial charge in [-0.15, -0.1) is 0 Å². The zero-order valence-corrected chi connectivity index (χ0v) is 5.71. The molecule has 0 aromatic rings. The molecule has 0 aliphatic carbocycles. The second kappa shape index (κ2) is 6.01. The van der Waals surface area contributed by atoms with Gasteiger partial charge in [-0.1, -0.05) is 6.92 Å². The van der Waals surface area contributed by atoms with Gasteiger partial charge in [0.25, 0.3) is 0 Å². The van der Waals surface area contributed by atoms with Gasteiger partial charge < -0.3 is 14.9 Å². The maximum Gasteiger partial charge on any atom is 0.0804 e. The van der Waals surface area contributed by atoms with Gasteiger partial charge in [0, 0.05) is 0 Å². The van der Waals surface area contributed by atoms with Gasteiger partial charge in [0.1, 0.15) is 0 Å². The Morgan fingerprint density at radius 2 is 2.11 bits per heavy atom. The fourth-order valence-corrected chi connectivity index (χ4v) is 0.519. The van der Waals surface area contributed by atoms with Crippen LogP contribution < -0.4 is 0 Å². The second-order valence-electron chi connectivity index (χ2n) is 1.81. The molecule has 0 heterocycles. The highest BCUT2D eigenvalue weighted by molar-refractivity contribution is 4.50. The molecule has 0 saturated heterocycles. The summed E-state index contributed by atoms with van der Waals surface area (Å²) in [5, 5.41) is 16.8. The Hall–Kier alpha value is -0.120. The fourth-order valence-electron chi connectivity index (χ4n) is 0.519. The van der Waals surface area contributed by atoms with Crippen LogP contribution in [-0.4, -0.2) is 36.1 Å². The van der Waals surface area contributed by atoms with Crippen molar-refractivity contribution in [1.29, 1.82) is 0 Å². The Morgan fingerprint density at radius 3 is 2.44 bits per heavy atom. The van der Waals surface area contributed by atoms with Crippen molar-refractivity contribution in [3.8, 4) is 0 Å². The molecule has 1 atom stereocenters. The molecule has 0 bridgehead atoms. The van der Waals surface area contributed by atoms with E-state index >= 15 is 0 Å². The van der Waals surface area contributed by atoms with Crippen molar-refractivity contribution in [3.63, 3.8) is 0 Å². The van der Waals surface area contributed by atoms with Crippen molar-refractivity contribution in [2.45, 2.75) is 19.4 Å². The van der Waals surface area contributed by atoms with Crippen LogP contribution in [0.15, 0.2) is 0 Å². The topological polar surface area (TPSA) is 49.7 Å². The zero-order chi connectivity index (χ0) is 7.11. The van der Waals surface area contributed by atoms with Gasteiger partial charge in [-0.25, -0.2) is 0 Å². The molecule has 1 unspecified atom stereocenters. The molecule has 9 heavy (non-hydrogen) atoms. The molecular weight excluding hydrogens is 120 g/mol. The highest BCUT2D eigenvalue weighted by atomic mass is 16.5. The Labute approximate surface area is 55.3 Å². The van der Waals surface area contributed by atoms with Gasteiger partial charge >= 0.3 is 0 Å². The maximum atomic E-state index is 8.55. The first-order valence-corrected chi connectivity index (χ1v) is 3.18. The highest BCUT2D eigenvalue weighted by Gasteiger charge is 2.01. The van der Waals surface area contributed by atoms with E-state index in [-0.39, 0.29) is 19.3 Å². The number of rotatable bonds is 5. The third kappa shape index (κ3) is 4.39. The smallest absolute Gasteiger partial charge is 0.0804 e. The lowest BCUT2D eigenvalue weighted by atomic mass is 10.3. The fraction of sp³-hybridized carbons (Fsp3) is 1.00. The lowest BCUT2D eigenvalue weighted by Gasteiger charge is -2.10. The van der Waals surface area contributed by atoms with E-state index in [4.69, 9.17) is 14.9 Å². The first-order valence-electron chi connectivity index (χ1n) is 3.18. The Kier molecular flexibility index (Phi) is 5.93. The summed E-state index contributed by atoms with van der Waals surface area (Å²) in [5.41, 5.74) is 0. The molecule has 3 heteroatoms. The first kappa shape index (κ1) is 8.88. The summed E-state index contributed by atoms with van der Waals surface area (Å²) < 4.78 is 4.99. The van der Waals surface area contributed by atoms with Crippen molar-refractivity contribution >= 4 is 0 Å². The highest BCUT2D eigenvalue weighted by Crippen LogP contribution is 1.94. The molecule has 0 aliphatic rings. The average molecular weight is 134 g/mol. The molecule has 0 amide bonds. The van der Waals surface area contributed by atoms with E-state index in [2.05, 4.69) is 0 Å². The van der Waals surface area contributed by atoms with E-state index in [0.717, 1.165) is 6.42 Å². The molecule has 0 saturated carbocycles. The van der Waals surface area contributed by atoms with Crippen LogP contribution >= 0.6 is 0 Å². The van der Waals surface area contributed by atoms with Gasteiger partial charge in [0.15, 0.2) is 0 Å². The standard InChI is InChI=1S/C6H14O3/c1-2-6(5-8)9-4-3-7/h6-8H,2-5H2,1H3. The lowest BCUT2D eigenvalue weighted by molar-refractivity contribution is -0.00491. The van der Waals surface area contributed by atoms with Crippen molar-refractivity contribution in [1.82, 2.24) is 0 Å². The quantitative estimate of drug-likeness (QED) is 0.546. The van der Waals surface area contributed by atoms with Crippen LogP contribution in [0.1, 0.15) is 13.3 Å². The number of aliphatic hydroxyl groups is 2. The van der Waals surface area contributed by atoms with E-state index in [1.54, 1.807) is 0 Å². The molecular formula is C6H14O3. The minimum atomic E-state index is -0.0999. The first-order chi connectivity index (χ1) is 4.35. The third-order valence-corrected chi connectivity index (χ3v) is 1.10. The Morgan fingerprint density at radius 1 is 1.44 bits per heavy atom. The van der Waals surface area contributed by atoms with Crippen LogP contribution in [0.25, 0.3) is 0 Å². The minimum absolute atomic E-state index is 0.0243. The molecule has 0 aromatic heterocycles. The molecule has 0 fully saturated rings. The van der Waals surface area contributed by atoms with Gasteiger partial charge in [-0.3, -0.25) is 0 Å². The number of hydrogen-bond donors (Lipinski definition) is 2. The van der Waals surface area contributed by atoms with Crippen LogP contribution in [0, 0.1) is 0 Å². The predicted molar refractivity (Wildman–Crippen MR) is 34.2 cm³/mol. The van der Waals surface area contributed by atoms with Crippen LogP contribution in [0.5, 0.6) is 0 Å². The van der Waals surface area contributed by atoms with Gasteiger partial charge in [-0.05, 0) is 6.42 Å². The van der Waals surface area contributed by atoms with Crippen molar-refractivity contribution in [2.75, 3.05) is 19.8 Å². The molecule has 3 nitrogen and oxygen atoms in total. The maximum absolute atomic E-state index is 8.55. The van der Waals surface area contributed by atoms with Crippen molar-refractivity contribution < 1.29 is 14.9 Å². The molecule has 0 aliphatic heterocycles. The van der Waals surface area contributed by atoms with E-state index in [1.807, 2.05) is 6.92 Å². The average Bonchev–Trinajstić information content (AvgIpc) is 1.91. The molecule has 56 valence electrons. The third-order valence-electron chi connectivity index (χ3n) is 1.10. The van der Waals surface area contributed by atoms with E-state index in [1.165, 1.54) is 0 Å². The zero-order valence-electron chi connectivity index (χ0n) is 5.71. The van der Waals surface area contributed by atoms with Crippen LogP contribution in [0.3, 0.4) is 0 Å². The number of aliphatic hydroxyl groups excluding tert-OH is 2. The summed E-state index contributed by atoms with van der Waals surface area (Å²) in [6, 6.07) is 0. The molecule has 0 radical (unpaired) electrons. The summed E-state index contributed by atoms with van der Waals surface area (Å²) in [6.45, 7) is 2.31. The van der Waals surface area contributed by atoms with E-state index < -0.39 is 0 Å². The Balaban J connectivity index is 3.09. The van der Waals surface area contributed by atoms with Gasteiger partial charge in [0.2, 0.25) is 0 Å². The predicted octanol–water partition coefficient (Wildman–Crippen LogP) is -0.234. The van der Waals surface area contributed by atoms with Gasteiger partial charge in [-0.2, -0.15) is 0 Å². The molecule has 0 spiro atoms. The summed E-state index contributed by atoms with van der Waals surface area (Å²) >= 11 is 0. The van der Waals surface area contributed by atoms with E-state index in [9.17, 15) is 0 Å². The van der Waals surface area contributed by atoms with Crippen LogP contribution in [0.2, 0.25) is 0 Å². The normalized spacial score (nSPS) is 13.7. The molecule has 0 aromatic carbocycles. The minimum Gasteiger partial charge on any atom is -0.394 e. The molecule has 0 rings (SSSR count). The summed E-state index contributed by atoms with van der Waals surface area (Å²) in [6.07, 6.45) is 0.688. The van der Waals surface area contributed by atoms with Crippen LogP contribution in [-0.2, 0) is 4.74 Å². The Bertz CT molecular complexity index is 52.3. The van der Waals surface area contributed by atoms with Crippen LogP contribution in [0.4, 0.5) is 0 Å². The molecule has 2 N–H and O–H groups in total. The summed E-state index contributed by atoms with van der Waals surface area (Å²) in [5.74, 6) is 0. The summed E-state index contributed by atoms with van der Waals surface area (Å²) in [4.78, 5) is 0. The number of hydrogen-bond acceptors (Lipinski definition) is 3. The SMILES string of the molecule is CCC(CO)OCCO. The second-order valence-corrected chi connectivity index (χ2v) is 1.81.